The highest BCUT2D eigenvalue weighted by molar-refractivity contribution is 6.34. The summed E-state index contributed by atoms with van der Waals surface area (Å²) in [6.45, 7) is -0.478. The minimum absolute atomic E-state index is 0.234. The summed E-state index contributed by atoms with van der Waals surface area (Å²) >= 11 is 5.86. The fraction of sp³-hybridized carbons (Fsp3) is 0.0714. The number of nitrogens with zero attached hydrogens (tertiary/aromatic N) is 1. The first-order valence-corrected chi connectivity index (χ1v) is 6.21. The van der Waals surface area contributed by atoms with Gasteiger partial charge in [-0.25, -0.2) is 4.39 Å². The number of carbonyl (C=O) groups is 1. The van der Waals surface area contributed by atoms with Gasteiger partial charge in [0.05, 0.1) is 9.95 Å². The molecule has 108 valence electrons. The number of rotatable bonds is 5. The number of hydrogen-bond acceptors (Lipinski definition) is 4. The predicted molar refractivity (Wildman–Crippen MR) is 74.3 cm³/mol. The number of nitro benzene ring substituents is 1. The fourth-order valence-corrected chi connectivity index (χ4v) is 1.90. The van der Waals surface area contributed by atoms with Crippen molar-refractivity contribution in [2.24, 2.45) is 0 Å². The molecule has 0 aliphatic carbocycles. The van der Waals surface area contributed by atoms with Gasteiger partial charge in [-0.1, -0.05) is 23.7 Å². The number of carbonyl (C=O) groups excluding carboxylic acids is 1. The lowest BCUT2D eigenvalue weighted by Gasteiger charge is -2.07. The number of ketones is 1. The van der Waals surface area contributed by atoms with E-state index in [0.29, 0.717) is 0 Å². The Bertz CT molecular complexity index is 705. The second kappa shape index (κ2) is 6.32. The summed E-state index contributed by atoms with van der Waals surface area (Å²) in [5.74, 6) is -1.46. The summed E-state index contributed by atoms with van der Waals surface area (Å²) in [5, 5.41) is 11.0. The summed E-state index contributed by atoms with van der Waals surface area (Å²) in [6.07, 6.45) is 0. The Morgan fingerprint density at radius 3 is 2.67 bits per heavy atom. The number of nitro groups is 1. The molecule has 5 nitrogen and oxygen atoms in total. The Balaban J connectivity index is 2.17. The van der Waals surface area contributed by atoms with Gasteiger partial charge in [-0.2, -0.15) is 0 Å². The number of benzene rings is 2. The van der Waals surface area contributed by atoms with Crippen molar-refractivity contribution in [3.63, 3.8) is 0 Å². The molecule has 0 heterocycles. The lowest BCUT2D eigenvalue weighted by molar-refractivity contribution is -0.385. The Morgan fingerprint density at radius 2 is 2.00 bits per heavy atom. The van der Waals surface area contributed by atoms with E-state index in [4.69, 9.17) is 16.3 Å². The van der Waals surface area contributed by atoms with Crippen LogP contribution in [0.4, 0.5) is 10.1 Å². The van der Waals surface area contributed by atoms with E-state index in [1.807, 2.05) is 0 Å². The van der Waals surface area contributed by atoms with Gasteiger partial charge < -0.3 is 4.74 Å². The zero-order valence-corrected chi connectivity index (χ0v) is 11.3. The molecule has 0 unspecified atom stereocenters. The third-order valence-corrected chi connectivity index (χ3v) is 2.98. The lowest BCUT2D eigenvalue weighted by Crippen LogP contribution is -2.13. The number of Topliss-reactive ketones (excluding diaryl/α,β-unsaturated/α-hetero) is 1. The minimum Gasteiger partial charge on any atom is -0.478 e. The molecule has 0 saturated heterocycles. The SMILES string of the molecule is O=C(COc1cc(F)ccc1[N+](=O)[O-])c1ccccc1Cl. The maximum absolute atomic E-state index is 13.1. The van der Waals surface area contributed by atoms with Gasteiger partial charge in [0.2, 0.25) is 5.78 Å². The predicted octanol–water partition coefficient (Wildman–Crippen LogP) is 3.65. The quantitative estimate of drug-likeness (QED) is 0.480. The molecule has 21 heavy (non-hydrogen) atoms. The van der Waals surface area contributed by atoms with Crippen molar-refractivity contribution in [2.75, 3.05) is 6.61 Å². The molecular weight excluding hydrogens is 301 g/mol. The highest BCUT2D eigenvalue weighted by Crippen LogP contribution is 2.27. The molecule has 0 aromatic heterocycles. The third kappa shape index (κ3) is 3.55. The van der Waals surface area contributed by atoms with E-state index in [9.17, 15) is 19.3 Å². The Morgan fingerprint density at radius 1 is 1.29 bits per heavy atom. The Labute approximate surface area is 124 Å². The van der Waals surface area contributed by atoms with E-state index >= 15 is 0 Å². The number of halogens is 2. The monoisotopic (exact) mass is 309 g/mol. The normalized spacial score (nSPS) is 10.2. The maximum Gasteiger partial charge on any atom is 0.311 e. The molecule has 0 aliphatic rings. The minimum atomic E-state index is -0.714. The third-order valence-electron chi connectivity index (χ3n) is 2.65. The van der Waals surface area contributed by atoms with E-state index in [1.54, 1.807) is 18.2 Å². The second-order valence-electron chi connectivity index (χ2n) is 4.06. The van der Waals surface area contributed by atoms with Gasteiger partial charge in [-0.15, -0.1) is 0 Å². The highest BCUT2D eigenvalue weighted by atomic mass is 35.5. The van der Waals surface area contributed by atoms with Crippen molar-refractivity contribution in [2.45, 2.75) is 0 Å². The van der Waals surface area contributed by atoms with Gasteiger partial charge in [-0.3, -0.25) is 14.9 Å². The van der Waals surface area contributed by atoms with E-state index < -0.39 is 28.8 Å². The summed E-state index contributed by atoms with van der Waals surface area (Å²) in [4.78, 5) is 22.0. The van der Waals surface area contributed by atoms with E-state index in [-0.39, 0.29) is 16.3 Å². The molecule has 0 spiro atoms. The first-order chi connectivity index (χ1) is 9.99. The molecule has 0 atom stereocenters. The molecule has 0 amide bonds. The molecule has 0 radical (unpaired) electrons. The van der Waals surface area contributed by atoms with E-state index in [1.165, 1.54) is 6.07 Å². The standard InChI is InChI=1S/C14H9ClFNO4/c15-11-4-2-1-3-10(11)13(18)8-21-14-7-9(16)5-6-12(14)17(19)20/h1-7H,8H2. The molecule has 2 rings (SSSR count). The van der Waals surface area contributed by atoms with Crippen LogP contribution in [0, 0.1) is 15.9 Å². The highest BCUT2D eigenvalue weighted by Gasteiger charge is 2.18. The van der Waals surface area contributed by atoms with Gasteiger partial charge in [0, 0.05) is 17.7 Å². The van der Waals surface area contributed by atoms with E-state index in [0.717, 1.165) is 18.2 Å². The maximum atomic E-state index is 13.1. The second-order valence-corrected chi connectivity index (χ2v) is 4.47. The first kappa shape index (κ1) is 14.9. The van der Waals surface area contributed by atoms with Crippen LogP contribution < -0.4 is 4.74 Å². The Hall–Kier alpha value is -2.47. The van der Waals surface area contributed by atoms with Gasteiger partial charge in [0.1, 0.15) is 5.82 Å². The summed E-state index contributed by atoms with van der Waals surface area (Å²) < 4.78 is 18.2. The van der Waals surface area contributed by atoms with Crippen LogP contribution in [-0.2, 0) is 0 Å². The van der Waals surface area contributed by atoms with Crippen molar-refractivity contribution >= 4 is 23.1 Å². The number of hydrogen-bond donors (Lipinski definition) is 0. The zero-order chi connectivity index (χ0) is 15.4. The first-order valence-electron chi connectivity index (χ1n) is 5.83. The van der Waals surface area contributed by atoms with Crippen molar-refractivity contribution in [3.05, 3.63) is 69.0 Å². The smallest absolute Gasteiger partial charge is 0.311 e. The summed E-state index contributed by atoms with van der Waals surface area (Å²) in [6, 6.07) is 9.12. The Kier molecular flexibility index (Phi) is 4.49. The average molecular weight is 310 g/mol. The van der Waals surface area contributed by atoms with Crippen LogP contribution >= 0.6 is 11.6 Å². The fourth-order valence-electron chi connectivity index (χ4n) is 1.66. The van der Waals surface area contributed by atoms with Crippen LogP contribution in [0.1, 0.15) is 10.4 Å². The zero-order valence-electron chi connectivity index (χ0n) is 10.6. The van der Waals surface area contributed by atoms with Crippen molar-refractivity contribution in [1.82, 2.24) is 0 Å². The van der Waals surface area contributed by atoms with Crippen LogP contribution in [0.25, 0.3) is 0 Å². The molecule has 7 heteroatoms. The number of ether oxygens (including phenoxy) is 1. The topological polar surface area (TPSA) is 69.4 Å². The van der Waals surface area contributed by atoms with Gasteiger partial charge in [0.15, 0.2) is 12.4 Å². The molecule has 2 aromatic carbocycles. The van der Waals surface area contributed by atoms with Crippen LogP contribution in [0.15, 0.2) is 42.5 Å². The van der Waals surface area contributed by atoms with Gasteiger partial charge >= 0.3 is 5.69 Å². The largest absolute Gasteiger partial charge is 0.478 e. The van der Waals surface area contributed by atoms with Crippen LogP contribution in [-0.4, -0.2) is 17.3 Å². The average Bonchev–Trinajstić information content (AvgIpc) is 2.45. The van der Waals surface area contributed by atoms with Crippen molar-refractivity contribution < 1.29 is 18.8 Å². The van der Waals surface area contributed by atoms with Crippen molar-refractivity contribution in [1.29, 1.82) is 0 Å². The molecule has 0 N–H and O–H groups in total. The summed E-state index contributed by atoms with van der Waals surface area (Å²) in [5.41, 5.74) is -0.179. The van der Waals surface area contributed by atoms with Crippen molar-refractivity contribution in [3.8, 4) is 5.75 Å². The molecule has 0 fully saturated rings. The van der Waals surface area contributed by atoms with E-state index in [2.05, 4.69) is 0 Å². The molecule has 2 aromatic rings. The molecular formula is C14H9ClFNO4. The summed E-state index contributed by atoms with van der Waals surface area (Å²) in [7, 11) is 0. The lowest BCUT2D eigenvalue weighted by atomic mass is 10.1. The van der Waals surface area contributed by atoms with Crippen LogP contribution in [0.5, 0.6) is 5.75 Å². The van der Waals surface area contributed by atoms with Crippen LogP contribution in [0.3, 0.4) is 0 Å². The van der Waals surface area contributed by atoms with Crippen LogP contribution in [0.2, 0.25) is 5.02 Å². The molecule has 0 aliphatic heterocycles. The molecule has 0 bridgehead atoms. The van der Waals surface area contributed by atoms with Gasteiger partial charge in [0.25, 0.3) is 0 Å². The van der Waals surface area contributed by atoms with Gasteiger partial charge in [-0.05, 0) is 18.2 Å². The molecule has 0 saturated carbocycles.